The van der Waals surface area contributed by atoms with E-state index in [9.17, 15) is 5.11 Å². The van der Waals surface area contributed by atoms with Gasteiger partial charge in [0.15, 0.2) is 0 Å². The van der Waals surface area contributed by atoms with Crippen molar-refractivity contribution >= 4 is 46.1 Å². The Balaban J connectivity index is 2.49. The number of aliphatic hydroxyl groups is 1. The molecule has 0 aliphatic carbocycles. The molecule has 84 valence electrons. The lowest BCUT2D eigenvalue weighted by Crippen LogP contribution is -1.99. The van der Waals surface area contributed by atoms with E-state index >= 15 is 0 Å². The number of hydrogen-bond acceptors (Lipinski definition) is 2. The Morgan fingerprint density at radius 3 is 2.12 bits per heavy atom. The highest BCUT2D eigenvalue weighted by Gasteiger charge is 2.20. The van der Waals surface area contributed by atoms with Gasteiger partial charge in [-0.15, -0.1) is 11.3 Å². The molecule has 1 unspecified atom stereocenters. The quantitative estimate of drug-likeness (QED) is 0.844. The first-order chi connectivity index (χ1) is 7.61. The second kappa shape index (κ2) is 4.94. The summed E-state index contributed by atoms with van der Waals surface area (Å²) in [5.74, 6) is 0. The Labute approximate surface area is 112 Å². The Morgan fingerprint density at radius 1 is 1.00 bits per heavy atom. The minimum Gasteiger partial charge on any atom is -0.383 e. The molecule has 0 fully saturated rings. The minimum atomic E-state index is -0.881. The summed E-state index contributed by atoms with van der Waals surface area (Å²) in [6.07, 6.45) is -0.881. The summed E-state index contributed by atoms with van der Waals surface area (Å²) in [6.45, 7) is 0. The van der Waals surface area contributed by atoms with Gasteiger partial charge in [0.25, 0.3) is 0 Å². The first-order valence-corrected chi connectivity index (χ1v) is 6.47. The molecule has 0 aliphatic rings. The van der Waals surface area contributed by atoms with Crippen molar-refractivity contribution in [2.75, 3.05) is 0 Å². The molecular weight excluding hydrogens is 287 g/mol. The van der Waals surface area contributed by atoms with E-state index in [0.717, 1.165) is 0 Å². The van der Waals surface area contributed by atoms with Crippen LogP contribution in [0.5, 0.6) is 0 Å². The second-order valence-electron chi connectivity index (χ2n) is 3.17. The second-order valence-corrected chi connectivity index (χ2v) is 5.34. The number of halogens is 3. The van der Waals surface area contributed by atoms with Gasteiger partial charge >= 0.3 is 0 Å². The summed E-state index contributed by atoms with van der Waals surface area (Å²) in [5.41, 5.74) is 0.496. The zero-order chi connectivity index (χ0) is 11.7. The maximum atomic E-state index is 10.2. The van der Waals surface area contributed by atoms with Crippen LogP contribution in [0.4, 0.5) is 0 Å². The first kappa shape index (κ1) is 12.2. The van der Waals surface area contributed by atoms with E-state index in [0.29, 0.717) is 25.5 Å². The van der Waals surface area contributed by atoms with Crippen LogP contribution in [0.3, 0.4) is 0 Å². The lowest BCUT2D eigenvalue weighted by atomic mass is 10.1. The fourth-order valence-electron chi connectivity index (χ4n) is 1.40. The summed E-state index contributed by atoms with van der Waals surface area (Å²) < 4.78 is 0. The van der Waals surface area contributed by atoms with E-state index in [4.69, 9.17) is 34.8 Å². The van der Waals surface area contributed by atoms with Gasteiger partial charge in [-0.25, -0.2) is 0 Å². The molecule has 1 aromatic heterocycles. The third kappa shape index (κ3) is 2.22. The van der Waals surface area contributed by atoms with Gasteiger partial charge in [-0.1, -0.05) is 40.9 Å². The topological polar surface area (TPSA) is 20.2 Å². The van der Waals surface area contributed by atoms with Crippen molar-refractivity contribution in [1.29, 1.82) is 0 Å². The Kier molecular flexibility index (Phi) is 3.77. The number of aliphatic hydroxyl groups excluding tert-OH is 1. The largest absolute Gasteiger partial charge is 0.383 e. The Morgan fingerprint density at radius 2 is 1.62 bits per heavy atom. The van der Waals surface area contributed by atoms with Gasteiger partial charge in [-0.2, -0.15) is 0 Å². The van der Waals surface area contributed by atoms with E-state index in [1.54, 1.807) is 24.3 Å². The van der Waals surface area contributed by atoms with Crippen LogP contribution in [0.25, 0.3) is 0 Å². The molecule has 0 saturated heterocycles. The van der Waals surface area contributed by atoms with Gasteiger partial charge in [-0.3, -0.25) is 0 Å². The molecule has 0 amide bonds. The van der Waals surface area contributed by atoms with Crippen molar-refractivity contribution in [2.45, 2.75) is 6.10 Å². The predicted octanol–water partition coefficient (Wildman–Crippen LogP) is 4.79. The highest BCUT2D eigenvalue weighted by atomic mass is 35.5. The molecule has 5 heteroatoms. The van der Waals surface area contributed by atoms with E-state index in [1.807, 2.05) is 5.38 Å². The minimum absolute atomic E-state index is 0.435. The average Bonchev–Trinajstić information content (AvgIpc) is 2.64. The summed E-state index contributed by atoms with van der Waals surface area (Å²) in [5, 5.41) is 13.4. The van der Waals surface area contributed by atoms with Crippen LogP contribution < -0.4 is 0 Å². The van der Waals surface area contributed by atoms with Gasteiger partial charge in [-0.05, 0) is 23.6 Å². The third-order valence-corrected chi connectivity index (χ3v) is 4.24. The molecule has 1 aromatic carbocycles. The SMILES string of the molecule is OC(c1sccc1Cl)c1c(Cl)cccc1Cl. The predicted molar refractivity (Wildman–Crippen MR) is 69.9 cm³/mol. The summed E-state index contributed by atoms with van der Waals surface area (Å²) in [6, 6.07) is 6.84. The third-order valence-electron chi connectivity index (χ3n) is 2.17. The molecule has 0 aliphatic heterocycles. The average molecular weight is 294 g/mol. The van der Waals surface area contributed by atoms with Gasteiger partial charge < -0.3 is 5.11 Å². The van der Waals surface area contributed by atoms with Crippen LogP contribution in [-0.4, -0.2) is 5.11 Å². The molecule has 0 radical (unpaired) electrons. The summed E-state index contributed by atoms with van der Waals surface area (Å²) in [7, 11) is 0. The molecule has 2 aromatic rings. The Bertz CT molecular complexity index is 489. The van der Waals surface area contributed by atoms with Crippen molar-refractivity contribution in [3.63, 3.8) is 0 Å². The summed E-state index contributed by atoms with van der Waals surface area (Å²) >= 11 is 19.3. The molecule has 16 heavy (non-hydrogen) atoms. The van der Waals surface area contributed by atoms with Crippen LogP contribution in [0.1, 0.15) is 16.5 Å². The fourth-order valence-corrected chi connectivity index (χ4v) is 3.16. The van der Waals surface area contributed by atoms with Crippen molar-refractivity contribution in [3.05, 3.63) is 55.2 Å². The molecule has 0 bridgehead atoms. The number of hydrogen-bond donors (Lipinski definition) is 1. The monoisotopic (exact) mass is 292 g/mol. The first-order valence-electron chi connectivity index (χ1n) is 4.46. The zero-order valence-electron chi connectivity index (χ0n) is 7.95. The lowest BCUT2D eigenvalue weighted by molar-refractivity contribution is 0.224. The molecule has 1 nitrogen and oxygen atoms in total. The number of rotatable bonds is 2. The molecule has 2 rings (SSSR count). The van der Waals surface area contributed by atoms with Crippen molar-refractivity contribution in [3.8, 4) is 0 Å². The fraction of sp³-hybridized carbons (Fsp3) is 0.0909. The van der Waals surface area contributed by atoms with Crippen molar-refractivity contribution in [1.82, 2.24) is 0 Å². The molecule has 0 spiro atoms. The van der Waals surface area contributed by atoms with Crippen LogP contribution >= 0.6 is 46.1 Å². The zero-order valence-corrected chi connectivity index (χ0v) is 11.0. The standard InChI is InChI=1S/C11H7Cl3OS/c12-6-2-1-3-7(13)9(6)10(15)11-8(14)4-5-16-11/h1-5,10,15H. The van der Waals surface area contributed by atoms with E-state index < -0.39 is 6.10 Å². The molecule has 1 N–H and O–H groups in total. The highest BCUT2D eigenvalue weighted by Crippen LogP contribution is 2.38. The van der Waals surface area contributed by atoms with Crippen LogP contribution in [0.2, 0.25) is 15.1 Å². The molecular formula is C11H7Cl3OS. The Hall–Kier alpha value is -0.250. The normalized spacial score (nSPS) is 12.8. The van der Waals surface area contributed by atoms with Crippen molar-refractivity contribution < 1.29 is 5.11 Å². The van der Waals surface area contributed by atoms with Crippen molar-refractivity contribution in [2.24, 2.45) is 0 Å². The van der Waals surface area contributed by atoms with Crippen LogP contribution in [0, 0.1) is 0 Å². The summed E-state index contributed by atoms with van der Waals surface area (Å²) in [4.78, 5) is 0.650. The number of benzene rings is 1. The van der Waals surface area contributed by atoms with E-state index in [2.05, 4.69) is 0 Å². The van der Waals surface area contributed by atoms with E-state index in [1.165, 1.54) is 11.3 Å². The van der Waals surface area contributed by atoms with Gasteiger partial charge in [0, 0.05) is 15.6 Å². The van der Waals surface area contributed by atoms with E-state index in [-0.39, 0.29) is 0 Å². The van der Waals surface area contributed by atoms with Gasteiger partial charge in [0.05, 0.1) is 9.90 Å². The highest BCUT2D eigenvalue weighted by molar-refractivity contribution is 7.10. The van der Waals surface area contributed by atoms with Crippen LogP contribution in [0.15, 0.2) is 29.6 Å². The van der Waals surface area contributed by atoms with Crippen LogP contribution in [-0.2, 0) is 0 Å². The lowest BCUT2D eigenvalue weighted by Gasteiger charge is -2.13. The molecule has 1 atom stereocenters. The maximum absolute atomic E-state index is 10.2. The number of thiophene rings is 1. The van der Waals surface area contributed by atoms with Gasteiger partial charge in [0.2, 0.25) is 0 Å². The maximum Gasteiger partial charge on any atom is 0.118 e. The molecule has 1 heterocycles. The molecule has 0 saturated carbocycles. The smallest absolute Gasteiger partial charge is 0.118 e. The van der Waals surface area contributed by atoms with Gasteiger partial charge in [0.1, 0.15) is 6.10 Å².